The van der Waals surface area contributed by atoms with Crippen LogP contribution in [0, 0.1) is 13.8 Å². The SMILES string of the molecule is CCC(NC(=O)COc1ccc(Br)cc1Cl)c1ccc(C)c(C)c1. The van der Waals surface area contributed by atoms with E-state index in [0.29, 0.717) is 10.8 Å². The molecule has 0 saturated heterocycles. The summed E-state index contributed by atoms with van der Waals surface area (Å²) in [4.78, 5) is 12.2. The molecule has 0 aliphatic carbocycles. The standard InChI is InChI=1S/C19H21BrClNO2/c1-4-17(14-6-5-12(2)13(3)9-14)22-19(23)11-24-18-8-7-15(20)10-16(18)21/h5-10,17H,4,11H2,1-3H3,(H,22,23). The number of nitrogens with one attached hydrogen (secondary N) is 1. The van der Waals surface area contributed by atoms with Crippen LogP contribution in [0.2, 0.25) is 5.02 Å². The molecule has 5 heteroatoms. The Morgan fingerprint density at radius 1 is 1.21 bits per heavy atom. The first-order chi connectivity index (χ1) is 11.4. The summed E-state index contributed by atoms with van der Waals surface area (Å²) in [5, 5.41) is 3.49. The molecule has 2 aromatic carbocycles. The van der Waals surface area contributed by atoms with Gasteiger partial charge in [-0.3, -0.25) is 4.79 Å². The van der Waals surface area contributed by atoms with Crippen LogP contribution in [-0.4, -0.2) is 12.5 Å². The Balaban J connectivity index is 1.97. The molecule has 128 valence electrons. The van der Waals surface area contributed by atoms with Gasteiger partial charge in [0.05, 0.1) is 11.1 Å². The van der Waals surface area contributed by atoms with Crippen LogP contribution in [0.1, 0.15) is 36.1 Å². The van der Waals surface area contributed by atoms with Crippen molar-refractivity contribution in [2.24, 2.45) is 0 Å². The fourth-order valence-corrected chi connectivity index (χ4v) is 3.10. The largest absolute Gasteiger partial charge is 0.482 e. The lowest BCUT2D eigenvalue weighted by molar-refractivity contribution is -0.123. The van der Waals surface area contributed by atoms with E-state index in [1.165, 1.54) is 11.1 Å². The minimum atomic E-state index is -0.168. The maximum Gasteiger partial charge on any atom is 0.258 e. The third-order valence-corrected chi connectivity index (χ3v) is 4.72. The normalized spacial score (nSPS) is 11.9. The fraction of sp³-hybridized carbons (Fsp3) is 0.316. The molecule has 0 fully saturated rings. The lowest BCUT2D eigenvalue weighted by atomic mass is 9.99. The zero-order valence-corrected chi connectivity index (χ0v) is 16.4. The van der Waals surface area contributed by atoms with Crippen molar-refractivity contribution in [2.75, 3.05) is 6.61 Å². The van der Waals surface area contributed by atoms with E-state index in [-0.39, 0.29) is 18.6 Å². The van der Waals surface area contributed by atoms with Crippen molar-refractivity contribution in [1.82, 2.24) is 5.32 Å². The Morgan fingerprint density at radius 3 is 2.58 bits per heavy atom. The molecule has 0 radical (unpaired) electrons. The number of carbonyl (C=O) groups is 1. The van der Waals surface area contributed by atoms with Gasteiger partial charge in [0.25, 0.3) is 5.91 Å². The molecule has 2 rings (SSSR count). The van der Waals surface area contributed by atoms with Crippen molar-refractivity contribution in [1.29, 1.82) is 0 Å². The second-order valence-electron chi connectivity index (χ2n) is 5.74. The van der Waals surface area contributed by atoms with Crippen LogP contribution in [0.4, 0.5) is 0 Å². The van der Waals surface area contributed by atoms with Crippen LogP contribution in [0.5, 0.6) is 5.75 Å². The second kappa shape index (κ2) is 8.54. The number of halogens is 2. The quantitative estimate of drug-likeness (QED) is 0.695. The Morgan fingerprint density at radius 2 is 1.96 bits per heavy atom. The summed E-state index contributed by atoms with van der Waals surface area (Å²) in [5.41, 5.74) is 3.57. The minimum Gasteiger partial charge on any atom is -0.482 e. The maximum atomic E-state index is 12.2. The second-order valence-corrected chi connectivity index (χ2v) is 7.06. The molecule has 24 heavy (non-hydrogen) atoms. The highest BCUT2D eigenvalue weighted by atomic mass is 79.9. The number of benzene rings is 2. The van der Waals surface area contributed by atoms with Crippen molar-refractivity contribution in [3.63, 3.8) is 0 Å². The maximum absolute atomic E-state index is 12.2. The third kappa shape index (κ3) is 4.99. The third-order valence-electron chi connectivity index (χ3n) is 3.93. The molecular weight excluding hydrogens is 390 g/mol. The van der Waals surface area contributed by atoms with E-state index in [1.807, 2.05) is 13.0 Å². The summed E-state index contributed by atoms with van der Waals surface area (Å²) >= 11 is 9.42. The predicted molar refractivity (Wildman–Crippen MR) is 102 cm³/mol. The van der Waals surface area contributed by atoms with Crippen molar-refractivity contribution in [3.8, 4) is 5.75 Å². The number of hydrogen-bond acceptors (Lipinski definition) is 2. The van der Waals surface area contributed by atoms with Gasteiger partial charge < -0.3 is 10.1 Å². The zero-order valence-electron chi connectivity index (χ0n) is 14.0. The predicted octanol–water partition coefficient (Wildman–Crippen LogP) is 5.37. The van der Waals surface area contributed by atoms with Crippen molar-refractivity contribution >= 4 is 33.4 Å². The summed E-state index contributed by atoms with van der Waals surface area (Å²) in [5.74, 6) is 0.327. The van der Waals surface area contributed by atoms with Crippen LogP contribution in [-0.2, 0) is 4.79 Å². The average molecular weight is 411 g/mol. The molecule has 2 aromatic rings. The van der Waals surface area contributed by atoms with Crippen LogP contribution >= 0.6 is 27.5 Å². The van der Waals surface area contributed by atoms with Gasteiger partial charge in [0.2, 0.25) is 0 Å². The lowest BCUT2D eigenvalue weighted by Gasteiger charge is -2.19. The minimum absolute atomic E-state index is 0.0270. The van der Waals surface area contributed by atoms with Gasteiger partial charge in [-0.1, -0.05) is 52.7 Å². The van der Waals surface area contributed by atoms with Gasteiger partial charge in [0.1, 0.15) is 5.75 Å². The van der Waals surface area contributed by atoms with Gasteiger partial charge >= 0.3 is 0 Å². The van der Waals surface area contributed by atoms with E-state index in [9.17, 15) is 4.79 Å². The summed E-state index contributed by atoms with van der Waals surface area (Å²) in [6.45, 7) is 6.13. The molecule has 0 bridgehead atoms. The van der Waals surface area contributed by atoms with Crippen LogP contribution in [0.3, 0.4) is 0 Å². The van der Waals surface area contributed by atoms with E-state index in [1.54, 1.807) is 12.1 Å². The molecule has 0 saturated carbocycles. The summed E-state index contributed by atoms with van der Waals surface area (Å²) in [6.07, 6.45) is 0.813. The lowest BCUT2D eigenvalue weighted by Crippen LogP contribution is -2.32. The van der Waals surface area contributed by atoms with Crippen LogP contribution in [0.15, 0.2) is 40.9 Å². The zero-order chi connectivity index (χ0) is 17.7. The Kier molecular flexibility index (Phi) is 6.69. The fourth-order valence-electron chi connectivity index (χ4n) is 2.37. The van der Waals surface area contributed by atoms with Gasteiger partial charge in [-0.05, 0) is 55.2 Å². The number of hydrogen-bond donors (Lipinski definition) is 1. The molecule has 1 unspecified atom stereocenters. The van der Waals surface area contributed by atoms with Gasteiger partial charge in [-0.2, -0.15) is 0 Å². The smallest absolute Gasteiger partial charge is 0.258 e. The Hall–Kier alpha value is -1.52. The van der Waals surface area contributed by atoms with Crippen LogP contribution in [0.25, 0.3) is 0 Å². The molecule has 0 aliphatic heterocycles. The van der Waals surface area contributed by atoms with Crippen molar-refractivity contribution < 1.29 is 9.53 Å². The molecule has 0 aliphatic rings. The summed E-state index contributed by atoms with van der Waals surface area (Å²) < 4.78 is 6.38. The van der Waals surface area contributed by atoms with Gasteiger partial charge in [-0.25, -0.2) is 0 Å². The van der Waals surface area contributed by atoms with Crippen LogP contribution < -0.4 is 10.1 Å². The molecule has 3 nitrogen and oxygen atoms in total. The van der Waals surface area contributed by atoms with Gasteiger partial charge in [0, 0.05) is 4.47 Å². The molecule has 1 amide bonds. The average Bonchev–Trinajstić information content (AvgIpc) is 2.54. The Labute approximate surface area is 156 Å². The van der Waals surface area contributed by atoms with E-state index in [2.05, 4.69) is 53.3 Å². The first-order valence-corrected chi connectivity index (χ1v) is 9.02. The van der Waals surface area contributed by atoms with E-state index >= 15 is 0 Å². The van der Waals surface area contributed by atoms with E-state index < -0.39 is 0 Å². The monoisotopic (exact) mass is 409 g/mol. The molecular formula is C19H21BrClNO2. The van der Waals surface area contributed by atoms with E-state index in [0.717, 1.165) is 16.5 Å². The van der Waals surface area contributed by atoms with Crippen molar-refractivity contribution in [2.45, 2.75) is 33.2 Å². The number of amides is 1. The summed E-state index contributed by atoms with van der Waals surface area (Å²) in [7, 11) is 0. The highest BCUT2D eigenvalue weighted by molar-refractivity contribution is 9.10. The van der Waals surface area contributed by atoms with Gasteiger partial charge in [-0.15, -0.1) is 0 Å². The number of ether oxygens (including phenoxy) is 1. The highest BCUT2D eigenvalue weighted by Gasteiger charge is 2.14. The number of carbonyl (C=O) groups excluding carboxylic acids is 1. The first-order valence-electron chi connectivity index (χ1n) is 7.85. The highest BCUT2D eigenvalue weighted by Crippen LogP contribution is 2.27. The molecule has 1 N–H and O–H groups in total. The summed E-state index contributed by atoms with van der Waals surface area (Å²) in [6, 6.07) is 11.5. The first kappa shape index (κ1) is 18.8. The molecule has 0 aromatic heterocycles. The molecule has 0 heterocycles. The Bertz CT molecular complexity index is 733. The number of aryl methyl sites for hydroxylation is 2. The van der Waals surface area contributed by atoms with Crippen molar-refractivity contribution in [3.05, 3.63) is 62.6 Å². The van der Waals surface area contributed by atoms with E-state index in [4.69, 9.17) is 16.3 Å². The molecule has 1 atom stereocenters. The molecule has 0 spiro atoms. The van der Waals surface area contributed by atoms with Gasteiger partial charge in [0.15, 0.2) is 6.61 Å². The topological polar surface area (TPSA) is 38.3 Å². The number of rotatable bonds is 6.